The van der Waals surface area contributed by atoms with Gasteiger partial charge in [-0.2, -0.15) is 0 Å². The third kappa shape index (κ3) is 5.47. The largest absolute Gasteiger partial charge is 0.493 e. The maximum absolute atomic E-state index is 12.0. The van der Waals surface area contributed by atoms with E-state index in [4.69, 9.17) is 9.47 Å². The van der Waals surface area contributed by atoms with E-state index in [9.17, 15) is 19.2 Å². The Morgan fingerprint density at radius 3 is 2.41 bits per heavy atom. The van der Waals surface area contributed by atoms with Gasteiger partial charge in [0.15, 0.2) is 11.5 Å². The highest BCUT2D eigenvalue weighted by atomic mass is 16.5. The number of urea groups is 1. The van der Waals surface area contributed by atoms with Gasteiger partial charge in [0, 0.05) is 19.0 Å². The molecule has 0 spiro atoms. The monoisotopic (exact) mass is 404 g/mol. The van der Waals surface area contributed by atoms with Gasteiger partial charge in [0.25, 0.3) is 11.8 Å². The topological polar surface area (TPSA) is 126 Å². The van der Waals surface area contributed by atoms with Crippen molar-refractivity contribution in [2.45, 2.75) is 25.8 Å². The normalized spacial score (nSPS) is 15.2. The van der Waals surface area contributed by atoms with E-state index >= 15 is 0 Å². The lowest BCUT2D eigenvalue weighted by Gasteiger charge is -2.15. The van der Waals surface area contributed by atoms with Gasteiger partial charge in [-0.05, 0) is 37.6 Å². The van der Waals surface area contributed by atoms with E-state index in [1.165, 1.54) is 20.3 Å². The molecule has 3 N–H and O–H groups in total. The second-order valence-electron chi connectivity index (χ2n) is 6.75. The number of carbonyl (C=O) groups excluding carboxylic acids is 4. The molecule has 0 atom stereocenters. The highest BCUT2D eigenvalue weighted by Gasteiger charge is 2.43. The number of hydrazine groups is 1. The van der Waals surface area contributed by atoms with Gasteiger partial charge in [0.1, 0.15) is 5.54 Å². The van der Waals surface area contributed by atoms with E-state index in [-0.39, 0.29) is 13.0 Å². The molecule has 156 valence electrons. The zero-order chi connectivity index (χ0) is 21.6. The predicted octanol–water partition coefficient (Wildman–Crippen LogP) is 0.585. The van der Waals surface area contributed by atoms with Gasteiger partial charge in [-0.15, -0.1) is 0 Å². The van der Waals surface area contributed by atoms with Crippen LogP contribution in [-0.4, -0.2) is 55.0 Å². The highest BCUT2D eigenvalue weighted by molar-refractivity contribution is 6.06. The highest BCUT2D eigenvalue weighted by Crippen LogP contribution is 2.27. The third-order valence-electron chi connectivity index (χ3n) is 4.17. The summed E-state index contributed by atoms with van der Waals surface area (Å²) in [6, 6.07) is 4.59. The Morgan fingerprint density at radius 2 is 1.83 bits per heavy atom. The second kappa shape index (κ2) is 9.09. The molecule has 0 aliphatic carbocycles. The van der Waals surface area contributed by atoms with Crippen molar-refractivity contribution in [3.05, 3.63) is 29.8 Å². The summed E-state index contributed by atoms with van der Waals surface area (Å²) in [5.41, 5.74) is 4.17. The zero-order valence-electron chi connectivity index (χ0n) is 16.7. The molecule has 10 nitrogen and oxygen atoms in total. The van der Waals surface area contributed by atoms with E-state index < -0.39 is 29.3 Å². The first-order valence-electron chi connectivity index (χ1n) is 8.81. The van der Waals surface area contributed by atoms with E-state index in [2.05, 4.69) is 16.2 Å². The molecule has 0 bridgehead atoms. The van der Waals surface area contributed by atoms with E-state index in [0.29, 0.717) is 17.1 Å². The Hall–Kier alpha value is -3.56. The van der Waals surface area contributed by atoms with Crippen LogP contribution in [0.3, 0.4) is 0 Å². The fourth-order valence-corrected chi connectivity index (χ4v) is 2.60. The van der Waals surface area contributed by atoms with Crippen LogP contribution in [0.25, 0.3) is 6.08 Å². The Balaban J connectivity index is 1.80. The minimum Gasteiger partial charge on any atom is -0.493 e. The molecule has 1 saturated heterocycles. The van der Waals surface area contributed by atoms with Crippen LogP contribution >= 0.6 is 0 Å². The van der Waals surface area contributed by atoms with Crippen LogP contribution in [0.5, 0.6) is 11.5 Å². The number of benzene rings is 1. The summed E-state index contributed by atoms with van der Waals surface area (Å²) in [4.78, 5) is 48.5. The number of methoxy groups -OCH3 is 2. The van der Waals surface area contributed by atoms with Gasteiger partial charge in [0.2, 0.25) is 5.91 Å². The van der Waals surface area contributed by atoms with Crippen molar-refractivity contribution in [3.63, 3.8) is 0 Å². The maximum Gasteiger partial charge on any atom is 0.325 e. The molecule has 0 unspecified atom stereocenters. The van der Waals surface area contributed by atoms with E-state index in [0.717, 1.165) is 4.90 Å². The molecule has 0 saturated carbocycles. The molecule has 1 aliphatic rings. The van der Waals surface area contributed by atoms with Crippen molar-refractivity contribution in [3.8, 4) is 11.5 Å². The van der Waals surface area contributed by atoms with E-state index in [1.54, 1.807) is 38.1 Å². The van der Waals surface area contributed by atoms with Crippen LogP contribution in [0.4, 0.5) is 4.79 Å². The number of rotatable bonds is 7. The summed E-state index contributed by atoms with van der Waals surface area (Å²) in [7, 11) is 3.03. The average Bonchev–Trinajstić information content (AvgIpc) is 2.89. The Labute approximate surface area is 168 Å². The standard InChI is InChI=1S/C19H24N4O6/c1-19(2)17(26)23(18(27)20-19)10-9-16(25)22-21-15(24)8-6-12-5-7-13(28-3)14(11-12)29-4/h5-8,11H,9-10H2,1-4H3,(H,20,27)(H,21,24)(H,22,25)/b8-6+. The molecular formula is C19H24N4O6. The second-order valence-corrected chi connectivity index (χ2v) is 6.75. The molecule has 1 aromatic carbocycles. The molecular weight excluding hydrogens is 380 g/mol. The Morgan fingerprint density at radius 1 is 1.14 bits per heavy atom. The van der Waals surface area contributed by atoms with Gasteiger partial charge < -0.3 is 14.8 Å². The Bertz CT molecular complexity index is 849. The molecule has 2 rings (SSSR count). The van der Waals surface area contributed by atoms with Gasteiger partial charge in [0.05, 0.1) is 14.2 Å². The quantitative estimate of drug-likeness (QED) is 0.347. The molecule has 1 fully saturated rings. The van der Waals surface area contributed by atoms with Crippen molar-refractivity contribution in [1.29, 1.82) is 0 Å². The van der Waals surface area contributed by atoms with Crippen LogP contribution in [0.15, 0.2) is 24.3 Å². The number of hydrogen-bond acceptors (Lipinski definition) is 6. The first-order valence-corrected chi connectivity index (χ1v) is 8.81. The summed E-state index contributed by atoms with van der Waals surface area (Å²) in [5, 5.41) is 2.52. The lowest BCUT2D eigenvalue weighted by atomic mass is 10.1. The lowest BCUT2D eigenvalue weighted by molar-refractivity contribution is -0.131. The van der Waals surface area contributed by atoms with Gasteiger partial charge in [-0.25, -0.2) is 4.79 Å². The van der Waals surface area contributed by atoms with Crippen LogP contribution < -0.4 is 25.6 Å². The number of ether oxygens (including phenoxy) is 2. The van der Waals surface area contributed by atoms with Crippen molar-refractivity contribution in [1.82, 2.24) is 21.1 Å². The van der Waals surface area contributed by atoms with Crippen LogP contribution in [0.1, 0.15) is 25.8 Å². The van der Waals surface area contributed by atoms with Crippen molar-refractivity contribution in [2.24, 2.45) is 0 Å². The summed E-state index contributed by atoms with van der Waals surface area (Å²) < 4.78 is 10.3. The first-order chi connectivity index (χ1) is 13.7. The number of carbonyl (C=O) groups is 4. The fourth-order valence-electron chi connectivity index (χ4n) is 2.60. The van der Waals surface area contributed by atoms with Crippen LogP contribution in [-0.2, 0) is 14.4 Å². The SMILES string of the molecule is COc1ccc(/C=C/C(=O)NNC(=O)CCN2C(=O)NC(C)(C)C2=O)cc1OC. The molecule has 0 aromatic heterocycles. The van der Waals surface area contributed by atoms with Gasteiger partial charge in [-0.3, -0.25) is 30.1 Å². The van der Waals surface area contributed by atoms with Crippen molar-refractivity contribution >= 4 is 29.8 Å². The van der Waals surface area contributed by atoms with E-state index in [1.807, 2.05) is 0 Å². The number of nitrogens with one attached hydrogen (secondary N) is 3. The predicted molar refractivity (Wildman–Crippen MR) is 104 cm³/mol. The number of hydrogen-bond donors (Lipinski definition) is 3. The average molecular weight is 404 g/mol. The van der Waals surface area contributed by atoms with Gasteiger partial charge >= 0.3 is 6.03 Å². The third-order valence-corrected chi connectivity index (χ3v) is 4.17. The summed E-state index contributed by atoms with van der Waals surface area (Å²) in [6.45, 7) is 3.08. The lowest BCUT2D eigenvalue weighted by Crippen LogP contribution is -2.43. The van der Waals surface area contributed by atoms with Crippen molar-refractivity contribution in [2.75, 3.05) is 20.8 Å². The number of imide groups is 1. The van der Waals surface area contributed by atoms with Crippen LogP contribution in [0.2, 0.25) is 0 Å². The number of nitrogens with zero attached hydrogens (tertiary/aromatic N) is 1. The minimum atomic E-state index is -0.989. The molecule has 10 heteroatoms. The van der Waals surface area contributed by atoms with Gasteiger partial charge in [-0.1, -0.05) is 6.07 Å². The molecule has 5 amide bonds. The number of amides is 5. The molecule has 1 heterocycles. The fraction of sp³-hybridized carbons (Fsp3) is 0.368. The molecule has 1 aliphatic heterocycles. The smallest absolute Gasteiger partial charge is 0.325 e. The Kier molecular flexibility index (Phi) is 6.81. The summed E-state index contributed by atoms with van der Waals surface area (Å²) in [6.07, 6.45) is 2.63. The van der Waals surface area contributed by atoms with Crippen molar-refractivity contribution < 1.29 is 28.7 Å². The zero-order valence-corrected chi connectivity index (χ0v) is 16.7. The van der Waals surface area contributed by atoms with Crippen LogP contribution in [0, 0.1) is 0 Å². The summed E-state index contributed by atoms with van der Waals surface area (Å²) in [5.74, 6) is -0.411. The summed E-state index contributed by atoms with van der Waals surface area (Å²) >= 11 is 0. The molecule has 1 aromatic rings. The maximum atomic E-state index is 12.0. The molecule has 29 heavy (non-hydrogen) atoms. The minimum absolute atomic E-state index is 0.0860. The molecule has 0 radical (unpaired) electrons. The first kappa shape index (κ1) is 21.7.